The molecule has 0 saturated heterocycles. The second-order valence-corrected chi connectivity index (χ2v) is 4.89. The van der Waals surface area contributed by atoms with Gasteiger partial charge < -0.3 is 5.11 Å². The van der Waals surface area contributed by atoms with Crippen LogP contribution in [0.4, 0.5) is 4.39 Å². The van der Waals surface area contributed by atoms with Gasteiger partial charge in [-0.2, -0.15) is 0 Å². The minimum Gasteiger partial charge on any atom is -0.391 e. The van der Waals surface area contributed by atoms with Crippen molar-refractivity contribution in [1.29, 1.82) is 0 Å². The van der Waals surface area contributed by atoms with Gasteiger partial charge in [0, 0.05) is 15.0 Å². The maximum Gasteiger partial charge on any atom is 0.137 e. The molecule has 68 valence electrons. The fourth-order valence-corrected chi connectivity index (χ4v) is 2.92. The SMILES string of the molecule is OCc1cc2c(I)c(F)ccc2s1. The quantitative estimate of drug-likeness (QED) is 0.803. The lowest BCUT2D eigenvalue weighted by molar-refractivity contribution is 0.285. The van der Waals surface area contributed by atoms with E-state index in [1.807, 2.05) is 28.7 Å². The Balaban J connectivity index is 2.76. The van der Waals surface area contributed by atoms with Crippen LogP contribution >= 0.6 is 33.9 Å². The van der Waals surface area contributed by atoms with Crippen molar-refractivity contribution in [3.8, 4) is 0 Å². The third-order valence-electron chi connectivity index (χ3n) is 1.79. The van der Waals surface area contributed by atoms with Gasteiger partial charge in [0.25, 0.3) is 0 Å². The highest BCUT2D eigenvalue weighted by atomic mass is 127. The zero-order valence-electron chi connectivity index (χ0n) is 6.55. The highest BCUT2D eigenvalue weighted by Gasteiger charge is 2.07. The van der Waals surface area contributed by atoms with E-state index in [9.17, 15) is 4.39 Å². The maximum atomic E-state index is 13.1. The topological polar surface area (TPSA) is 20.2 Å². The van der Waals surface area contributed by atoms with Crippen molar-refractivity contribution in [3.63, 3.8) is 0 Å². The summed E-state index contributed by atoms with van der Waals surface area (Å²) in [6.45, 7) is 0.0248. The van der Waals surface area contributed by atoms with Crippen molar-refractivity contribution < 1.29 is 9.50 Å². The van der Waals surface area contributed by atoms with Gasteiger partial charge in [-0.25, -0.2) is 4.39 Å². The molecule has 2 rings (SSSR count). The van der Waals surface area contributed by atoms with E-state index < -0.39 is 0 Å². The van der Waals surface area contributed by atoms with Crippen LogP contribution in [-0.2, 0) is 6.61 Å². The first-order valence-electron chi connectivity index (χ1n) is 3.69. The highest BCUT2D eigenvalue weighted by molar-refractivity contribution is 14.1. The molecule has 0 aliphatic heterocycles. The van der Waals surface area contributed by atoms with Crippen LogP contribution in [0.1, 0.15) is 4.88 Å². The van der Waals surface area contributed by atoms with Crippen molar-refractivity contribution >= 4 is 44.0 Å². The first kappa shape index (κ1) is 9.36. The fraction of sp³-hybridized carbons (Fsp3) is 0.111. The van der Waals surface area contributed by atoms with Crippen LogP contribution in [0.3, 0.4) is 0 Å². The van der Waals surface area contributed by atoms with E-state index in [1.54, 1.807) is 6.07 Å². The molecule has 1 aromatic heterocycles. The molecule has 0 spiro atoms. The molecular formula is C9H6FIOS. The fourth-order valence-electron chi connectivity index (χ4n) is 1.18. The summed E-state index contributed by atoms with van der Waals surface area (Å²) in [7, 11) is 0. The molecule has 1 N–H and O–H groups in total. The van der Waals surface area contributed by atoms with Gasteiger partial charge in [0.2, 0.25) is 0 Å². The van der Waals surface area contributed by atoms with Crippen LogP contribution in [0, 0.1) is 9.39 Å². The van der Waals surface area contributed by atoms with E-state index in [0.717, 1.165) is 15.0 Å². The number of benzene rings is 1. The van der Waals surface area contributed by atoms with E-state index in [1.165, 1.54) is 17.4 Å². The summed E-state index contributed by atoms with van der Waals surface area (Å²) in [5, 5.41) is 9.81. The molecule has 0 atom stereocenters. The molecule has 4 heteroatoms. The van der Waals surface area contributed by atoms with Crippen molar-refractivity contribution in [2.45, 2.75) is 6.61 Å². The van der Waals surface area contributed by atoms with Crippen molar-refractivity contribution in [3.05, 3.63) is 32.5 Å². The molecule has 2 aromatic rings. The molecule has 0 radical (unpaired) electrons. The Morgan fingerprint density at radius 1 is 1.46 bits per heavy atom. The summed E-state index contributed by atoms with van der Waals surface area (Å²) in [5.74, 6) is -0.199. The summed E-state index contributed by atoms with van der Waals surface area (Å²) in [5.41, 5.74) is 0. The summed E-state index contributed by atoms with van der Waals surface area (Å²) in [4.78, 5) is 0.874. The third kappa shape index (κ3) is 1.58. The van der Waals surface area contributed by atoms with E-state index >= 15 is 0 Å². The van der Waals surface area contributed by atoms with Gasteiger partial charge in [-0.3, -0.25) is 0 Å². The molecule has 13 heavy (non-hydrogen) atoms. The number of hydrogen-bond acceptors (Lipinski definition) is 2. The van der Waals surface area contributed by atoms with Crippen LogP contribution in [0.15, 0.2) is 18.2 Å². The van der Waals surface area contributed by atoms with E-state index in [2.05, 4.69) is 0 Å². The largest absolute Gasteiger partial charge is 0.391 e. The van der Waals surface area contributed by atoms with Crippen LogP contribution < -0.4 is 0 Å². The Hall–Kier alpha value is -0.200. The zero-order valence-corrected chi connectivity index (χ0v) is 9.52. The van der Waals surface area contributed by atoms with Gasteiger partial charge in [-0.1, -0.05) is 0 Å². The first-order valence-corrected chi connectivity index (χ1v) is 5.59. The van der Waals surface area contributed by atoms with Crippen molar-refractivity contribution in [1.82, 2.24) is 0 Å². The average molecular weight is 308 g/mol. The first-order chi connectivity index (χ1) is 6.22. The summed E-state index contributed by atoms with van der Waals surface area (Å²) in [6, 6.07) is 5.04. The second-order valence-electron chi connectivity index (χ2n) is 2.64. The molecular weight excluding hydrogens is 302 g/mol. The molecule has 0 amide bonds. The molecule has 0 saturated carbocycles. The average Bonchev–Trinajstić information content (AvgIpc) is 2.55. The predicted molar refractivity (Wildman–Crippen MR) is 60.4 cm³/mol. The molecule has 1 nitrogen and oxygen atoms in total. The molecule has 0 aliphatic carbocycles. The normalized spacial score (nSPS) is 11.0. The molecule has 1 aromatic carbocycles. The predicted octanol–water partition coefficient (Wildman–Crippen LogP) is 3.14. The van der Waals surface area contributed by atoms with Gasteiger partial charge in [0.1, 0.15) is 5.82 Å². The number of aliphatic hydroxyl groups excluding tert-OH is 1. The van der Waals surface area contributed by atoms with E-state index in [4.69, 9.17) is 5.11 Å². The minimum absolute atomic E-state index is 0.0248. The number of halogens is 2. The van der Waals surface area contributed by atoms with Gasteiger partial charge in [-0.15, -0.1) is 11.3 Å². The lowest BCUT2D eigenvalue weighted by Gasteiger charge is -1.94. The molecule has 0 aliphatic rings. The molecule has 0 unspecified atom stereocenters. The summed E-state index contributed by atoms with van der Waals surface area (Å²) >= 11 is 3.48. The lowest BCUT2D eigenvalue weighted by atomic mass is 10.2. The smallest absolute Gasteiger partial charge is 0.137 e. The zero-order chi connectivity index (χ0) is 9.42. The van der Waals surface area contributed by atoms with Crippen molar-refractivity contribution in [2.75, 3.05) is 0 Å². The Bertz CT molecular complexity index is 452. The number of fused-ring (bicyclic) bond motifs is 1. The molecule has 0 fully saturated rings. The lowest BCUT2D eigenvalue weighted by Crippen LogP contribution is -1.79. The number of hydrogen-bond donors (Lipinski definition) is 1. The van der Waals surface area contributed by atoms with Gasteiger partial charge >= 0.3 is 0 Å². The van der Waals surface area contributed by atoms with E-state index in [-0.39, 0.29) is 12.4 Å². The van der Waals surface area contributed by atoms with Gasteiger partial charge in [0.15, 0.2) is 0 Å². The Labute approximate surface area is 92.3 Å². The molecule has 0 bridgehead atoms. The van der Waals surface area contributed by atoms with Crippen molar-refractivity contribution in [2.24, 2.45) is 0 Å². The number of rotatable bonds is 1. The van der Waals surface area contributed by atoms with Crippen LogP contribution in [0.5, 0.6) is 0 Å². The standard InChI is InChI=1S/C9H6FIOS/c10-7-1-2-8-6(9(7)11)3-5(4-12)13-8/h1-3,12H,4H2. The molecule has 1 heterocycles. The Morgan fingerprint density at radius 2 is 2.23 bits per heavy atom. The monoisotopic (exact) mass is 308 g/mol. The van der Waals surface area contributed by atoms with Gasteiger partial charge in [-0.05, 0) is 40.8 Å². The van der Waals surface area contributed by atoms with Crippen LogP contribution in [-0.4, -0.2) is 5.11 Å². The Kier molecular flexibility index (Phi) is 2.53. The second kappa shape index (κ2) is 3.51. The Morgan fingerprint density at radius 3 is 2.92 bits per heavy atom. The minimum atomic E-state index is -0.199. The van der Waals surface area contributed by atoms with E-state index in [0.29, 0.717) is 3.57 Å². The summed E-state index contributed by atoms with van der Waals surface area (Å²) < 4.78 is 14.8. The number of thiophene rings is 1. The summed E-state index contributed by atoms with van der Waals surface area (Å²) in [6.07, 6.45) is 0. The maximum absolute atomic E-state index is 13.1. The number of aliphatic hydroxyl groups is 1. The third-order valence-corrected chi connectivity index (χ3v) is 3.98. The van der Waals surface area contributed by atoms with Crippen LogP contribution in [0.25, 0.3) is 10.1 Å². The van der Waals surface area contributed by atoms with Crippen LogP contribution in [0.2, 0.25) is 0 Å². The highest BCUT2D eigenvalue weighted by Crippen LogP contribution is 2.30. The van der Waals surface area contributed by atoms with Gasteiger partial charge in [0.05, 0.1) is 10.2 Å².